The highest BCUT2D eigenvalue weighted by Crippen LogP contribution is 2.34. The van der Waals surface area contributed by atoms with Gasteiger partial charge in [0.05, 0.1) is 11.7 Å². The predicted molar refractivity (Wildman–Crippen MR) is 102 cm³/mol. The zero-order chi connectivity index (χ0) is 18.3. The fourth-order valence-corrected chi connectivity index (χ4v) is 4.72. The number of nitrogens with zero attached hydrogens (tertiary/aromatic N) is 2. The molecule has 1 unspecified atom stereocenters. The Kier molecular flexibility index (Phi) is 4.24. The van der Waals surface area contributed by atoms with Crippen LogP contribution >= 0.6 is 11.3 Å². The molecule has 7 heteroatoms. The quantitative estimate of drug-likeness (QED) is 0.692. The molecule has 3 aromatic rings. The van der Waals surface area contributed by atoms with Crippen molar-refractivity contribution in [1.82, 2.24) is 9.55 Å². The summed E-state index contributed by atoms with van der Waals surface area (Å²) in [5.74, 6) is -0.138. The Balaban J connectivity index is 1.70. The summed E-state index contributed by atoms with van der Waals surface area (Å²) < 4.78 is 1.45. The number of hydrogen-bond acceptors (Lipinski definition) is 5. The lowest BCUT2D eigenvalue weighted by Crippen LogP contribution is -2.33. The van der Waals surface area contributed by atoms with Gasteiger partial charge in [-0.05, 0) is 55.5 Å². The SMILES string of the molecule is CCC(C(=O)Nc1ccc(O)cc1)n1cnc2sc3c(c2c1=O)CCC3. The lowest BCUT2D eigenvalue weighted by molar-refractivity contribution is -0.119. The Hall–Kier alpha value is -2.67. The molecule has 1 aromatic carbocycles. The van der Waals surface area contributed by atoms with Crippen LogP contribution in [0.4, 0.5) is 5.69 Å². The average Bonchev–Trinajstić information content (AvgIpc) is 3.20. The number of carbonyl (C=O) groups excluding carboxylic acids is 1. The number of rotatable bonds is 4. The second-order valence-electron chi connectivity index (χ2n) is 6.45. The van der Waals surface area contributed by atoms with E-state index in [0.29, 0.717) is 17.5 Å². The molecule has 0 spiro atoms. The van der Waals surface area contributed by atoms with E-state index in [1.165, 1.54) is 27.9 Å². The number of aryl methyl sites for hydroxylation is 2. The first-order valence-corrected chi connectivity index (χ1v) is 9.51. The third kappa shape index (κ3) is 2.78. The minimum absolute atomic E-state index is 0.132. The summed E-state index contributed by atoms with van der Waals surface area (Å²) in [6.45, 7) is 1.87. The van der Waals surface area contributed by atoms with Crippen LogP contribution in [-0.2, 0) is 17.6 Å². The van der Waals surface area contributed by atoms with Crippen LogP contribution in [-0.4, -0.2) is 20.6 Å². The van der Waals surface area contributed by atoms with Gasteiger partial charge in [-0.1, -0.05) is 6.92 Å². The van der Waals surface area contributed by atoms with E-state index < -0.39 is 6.04 Å². The number of anilines is 1. The molecule has 0 saturated heterocycles. The average molecular weight is 369 g/mol. The van der Waals surface area contributed by atoms with E-state index in [4.69, 9.17) is 0 Å². The normalized spacial score (nSPS) is 14.3. The molecular weight excluding hydrogens is 350 g/mol. The number of phenols is 1. The van der Waals surface area contributed by atoms with Crippen LogP contribution in [0.3, 0.4) is 0 Å². The van der Waals surface area contributed by atoms with Gasteiger partial charge in [-0.2, -0.15) is 0 Å². The topological polar surface area (TPSA) is 84.2 Å². The Morgan fingerprint density at radius 2 is 2.12 bits per heavy atom. The summed E-state index contributed by atoms with van der Waals surface area (Å²) >= 11 is 1.59. The minimum atomic E-state index is -0.634. The molecule has 1 aliphatic rings. The molecule has 0 bridgehead atoms. The van der Waals surface area contributed by atoms with E-state index in [2.05, 4.69) is 10.3 Å². The molecule has 0 fully saturated rings. The standard InChI is InChI=1S/C19H19N3O3S/c1-2-14(17(24)21-11-6-8-12(23)9-7-11)22-10-20-18-16(19(22)25)13-4-3-5-15(13)26-18/h6-10,14,23H,2-5H2,1H3,(H,21,24). The third-order valence-electron chi connectivity index (χ3n) is 4.81. The van der Waals surface area contributed by atoms with Crippen LogP contribution in [0.2, 0.25) is 0 Å². The van der Waals surface area contributed by atoms with Crippen molar-refractivity contribution in [3.8, 4) is 5.75 Å². The number of benzene rings is 1. The van der Waals surface area contributed by atoms with E-state index >= 15 is 0 Å². The highest BCUT2D eigenvalue weighted by molar-refractivity contribution is 7.18. The van der Waals surface area contributed by atoms with Crippen molar-refractivity contribution in [2.75, 3.05) is 5.32 Å². The molecule has 0 radical (unpaired) electrons. The van der Waals surface area contributed by atoms with Gasteiger partial charge in [0.25, 0.3) is 5.56 Å². The number of thiophene rings is 1. The number of hydrogen-bond donors (Lipinski definition) is 2. The zero-order valence-electron chi connectivity index (χ0n) is 14.4. The maximum Gasteiger partial charge on any atom is 0.263 e. The van der Waals surface area contributed by atoms with Crippen LogP contribution in [0.25, 0.3) is 10.2 Å². The fraction of sp³-hybridized carbons (Fsp3) is 0.316. The number of nitrogens with one attached hydrogen (secondary N) is 1. The van der Waals surface area contributed by atoms with Crippen LogP contribution in [0, 0.1) is 0 Å². The van der Waals surface area contributed by atoms with Crippen LogP contribution < -0.4 is 10.9 Å². The van der Waals surface area contributed by atoms with Crippen LogP contribution in [0.15, 0.2) is 35.4 Å². The first kappa shape index (κ1) is 16.8. The third-order valence-corrected chi connectivity index (χ3v) is 6.01. The van der Waals surface area contributed by atoms with Crippen molar-refractivity contribution in [2.45, 2.75) is 38.6 Å². The summed E-state index contributed by atoms with van der Waals surface area (Å²) in [5, 5.41) is 12.8. The predicted octanol–water partition coefficient (Wildman–Crippen LogP) is 3.24. The lowest BCUT2D eigenvalue weighted by Gasteiger charge is -2.17. The number of fused-ring (bicyclic) bond motifs is 3. The first-order valence-electron chi connectivity index (χ1n) is 8.69. The van der Waals surface area contributed by atoms with Crippen molar-refractivity contribution in [3.63, 3.8) is 0 Å². The van der Waals surface area contributed by atoms with Gasteiger partial charge in [-0.25, -0.2) is 4.98 Å². The van der Waals surface area contributed by atoms with Gasteiger partial charge in [-0.15, -0.1) is 11.3 Å². The molecule has 2 N–H and O–H groups in total. The van der Waals surface area contributed by atoms with Crippen molar-refractivity contribution in [1.29, 1.82) is 0 Å². The van der Waals surface area contributed by atoms with Gasteiger partial charge in [0.15, 0.2) is 0 Å². The van der Waals surface area contributed by atoms with Gasteiger partial charge in [0.1, 0.15) is 16.6 Å². The minimum Gasteiger partial charge on any atom is -0.508 e. The van der Waals surface area contributed by atoms with Crippen molar-refractivity contribution in [3.05, 3.63) is 51.4 Å². The van der Waals surface area contributed by atoms with Crippen molar-refractivity contribution >= 4 is 33.1 Å². The van der Waals surface area contributed by atoms with E-state index in [1.54, 1.807) is 23.5 Å². The Bertz CT molecular complexity index is 1040. The summed E-state index contributed by atoms with van der Waals surface area (Å²) in [4.78, 5) is 32.3. The Morgan fingerprint density at radius 3 is 2.85 bits per heavy atom. The number of amides is 1. The molecule has 6 nitrogen and oxygen atoms in total. The first-order chi connectivity index (χ1) is 12.6. The van der Waals surface area contributed by atoms with Gasteiger partial charge in [0.2, 0.25) is 5.91 Å². The Morgan fingerprint density at radius 1 is 1.35 bits per heavy atom. The molecular formula is C19H19N3O3S. The molecule has 2 aromatic heterocycles. The molecule has 4 rings (SSSR count). The van der Waals surface area contributed by atoms with E-state index in [1.807, 2.05) is 6.92 Å². The highest BCUT2D eigenvalue weighted by atomic mass is 32.1. The molecule has 134 valence electrons. The lowest BCUT2D eigenvalue weighted by atomic mass is 10.1. The second-order valence-corrected chi connectivity index (χ2v) is 7.54. The molecule has 1 aliphatic carbocycles. The largest absolute Gasteiger partial charge is 0.508 e. The molecule has 2 heterocycles. The zero-order valence-corrected chi connectivity index (χ0v) is 15.2. The summed E-state index contributed by atoms with van der Waals surface area (Å²) in [5.41, 5.74) is 1.55. The van der Waals surface area contributed by atoms with Gasteiger partial charge in [0, 0.05) is 10.6 Å². The fourth-order valence-electron chi connectivity index (χ4n) is 3.50. The number of aromatic hydroxyl groups is 1. The van der Waals surface area contributed by atoms with E-state index in [0.717, 1.165) is 29.7 Å². The summed E-state index contributed by atoms with van der Waals surface area (Å²) in [6.07, 6.45) is 4.95. The second kappa shape index (κ2) is 6.57. The number of phenolic OH excluding ortho intramolecular Hbond substituents is 1. The van der Waals surface area contributed by atoms with Gasteiger partial charge >= 0.3 is 0 Å². The highest BCUT2D eigenvalue weighted by Gasteiger charge is 2.25. The smallest absolute Gasteiger partial charge is 0.263 e. The Labute approximate surface area is 154 Å². The molecule has 26 heavy (non-hydrogen) atoms. The van der Waals surface area contributed by atoms with E-state index in [-0.39, 0.29) is 17.2 Å². The molecule has 0 aliphatic heterocycles. The van der Waals surface area contributed by atoms with Gasteiger partial charge in [-0.3, -0.25) is 14.2 Å². The number of carbonyl (C=O) groups is 1. The summed E-state index contributed by atoms with van der Waals surface area (Å²) in [6, 6.07) is 5.62. The monoisotopic (exact) mass is 369 g/mol. The van der Waals surface area contributed by atoms with Gasteiger partial charge < -0.3 is 10.4 Å². The number of aromatic nitrogens is 2. The maximum atomic E-state index is 13.1. The van der Waals surface area contributed by atoms with Crippen molar-refractivity contribution < 1.29 is 9.90 Å². The molecule has 0 saturated carbocycles. The van der Waals surface area contributed by atoms with Crippen LogP contribution in [0.1, 0.15) is 36.2 Å². The summed E-state index contributed by atoms with van der Waals surface area (Å²) in [7, 11) is 0. The van der Waals surface area contributed by atoms with E-state index in [9.17, 15) is 14.7 Å². The molecule has 1 amide bonds. The van der Waals surface area contributed by atoms with Crippen molar-refractivity contribution in [2.24, 2.45) is 0 Å². The van der Waals surface area contributed by atoms with Crippen LogP contribution in [0.5, 0.6) is 5.75 Å². The molecule has 1 atom stereocenters. The maximum absolute atomic E-state index is 13.1.